The molecule has 2 N–H and O–H groups in total. The molecular weight excluding hydrogens is 256 g/mol. The van der Waals surface area contributed by atoms with E-state index in [2.05, 4.69) is 10.6 Å². The van der Waals surface area contributed by atoms with Gasteiger partial charge in [-0.3, -0.25) is 19.7 Å². The highest BCUT2D eigenvalue weighted by molar-refractivity contribution is 6.06. The first-order valence-corrected chi connectivity index (χ1v) is 6.54. The van der Waals surface area contributed by atoms with E-state index in [1.807, 2.05) is 12.1 Å². The highest BCUT2D eigenvalue weighted by Gasteiger charge is 2.46. The Labute approximate surface area is 116 Å². The molecule has 3 atom stereocenters. The van der Waals surface area contributed by atoms with Crippen molar-refractivity contribution in [1.29, 1.82) is 0 Å². The van der Waals surface area contributed by atoms with Crippen LogP contribution in [-0.2, 0) is 9.59 Å². The smallest absolute Gasteiger partial charge is 0.251 e. The van der Waals surface area contributed by atoms with E-state index in [9.17, 15) is 14.4 Å². The second-order valence-electron chi connectivity index (χ2n) is 5.01. The van der Waals surface area contributed by atoms with Crippen molar-refractivity contribution in [2.24, 2.45) is 11.8 Å². The third kappa shape index (κ3) is 2.11. The fraction of sp³-hybridized carbons (Fsp3) is 0.267. The molecule has 3 amide bonds. The minimum Gasteiger partial charge on any atom is -0.345 e. The van der Waals surface area contributed by atoms with E-state index < -0.39 is 12.0 Å². The van der Waals surface area contributed by atoms with Crippen LogP contribution in [0.15, 0.2) is 42.5 Å². The summed E-state index contributed by atoms with van der Waals surface area (Å²) < 4.78 is 0. The summed E-state index contributed by atoms with van der Waals surface area (Å²) in [6, 6.07) is 8.36. The number of hydrogen-bond donors (Lipinski definition) is 2. The van der Waals surface area contributed by atoms with Crippen molar-refractivity contribution in [2.45, 2.75) is 12.5 Å². The van der Waals surface area contributed by atoms with Crippen molar-refractivity contribution < 1.29 is 14.4 Å². The van der Waals surface area contributed by atoms with Gasteiger partial charge < -0.3 is 5.32 Å². The largest absolute Gasteiger partial charge is 0.345 e. The van der Waals surface area contributed by atoms with Crippen LogP contribution in [0.1, 0.15) is 16.8 Å². The Bertz CT molecular complexity index is 594. The molecule has 1 aromatic rings. The molecule has 102 valence electrons. The number of amides is 3. The summed E-state index contributed by atoms with van der Waals surface area (Å²) >= 11 is 0. The van der Waals surface area contributed by atoms with E-state index in [1.54, 1.807) is 30.3 Å². The van der Waals surface area contributed by atoms with Crippen LogP contribution in [0.25, 0.3) is 0 Å². The van der Waals surface area contributed by atoms with Gasteiger partial charge in [0.2, 0.25) is 11.8 Å². The number of allylic oxidation sites excluding steroid dienone is 1. The second kappa shape index (κ2) is 4.92. The highest BCUT2D eigenvalue weighted by atomic mass is 16.2. The molecule has 1 fully saturated rings. The number of fused-ring (bicyclic) bond motifs is 1. The fourth-order valence-corrected chi connectivity index (χ4v) is 2.76. The van der Waals surface area contributed by atoms with Crippen molar-refractivity contribution in [3.8, 4) is 0 Å². The van der Waals surface area contributed by atoms with Gasteiger partial charge in [0.1, 0.15) is 0 Å². The van der Waals surface area contributed by atoms with Gasteiger partial charge in [0.25, 0.3) is 5.91 Å². The van der Waals surface area contributed by atoms with Crippen LogP contribution in [0.3, 0.4) is 0 Å². The number of carbonyl (C=O) groups is 3. The van der Waals surface area contributed by atoms with Crippen molar-refractivity contribution in [3.63, 3.8) is 0 Å². The standard InChI is InChI=1S/C15H14N2O3/c18-13(9-5-2-1-3-6-9)16-11-8-4-7-10-12(11)15(20)17-14(10)19/h1-6,8,10-12H,7H2,(H,16,18)(H,17,19,20). The molecule has 0 saturated carbocycles. The Morgan fingerprint density at radius 1 is 1.15 bits per heavy atom. The number of nitrogens with one attached hydrogen (secondary N) is 2. The van der Waals surface area contributed by atoms with Gasteiger partial charge in [-0.2, -0.15) is 0 Å². The summed E-state index contributed by atoms with van der Waals surface area (Å²) in [6.07, 6.45) is 4.18. The zero-order valence-corrected chi connectivity index (χ0v) is 10.7. The van der Waals surface area contributed by atoms with Crippen LogP contribution < -0.4 is 10.6 Å². The van der Waals surface area contributed by atoms with E-state index in [0.29, 0.717) is 12.0 Å². The molecule has 1 saturated heterocycles. The molecule has 0 spiro atoms. The lowest BCUT2D eigenvalue weighted by atomic mass is 9.81. The number of imide groups is 1. The molecule has 20 heavy (non-hydrogen) atoms. The summed E-state index contributed by atoms with van der Waals surface area (Å²) in [7, 11) is 0. The lowest BCUT2D eigenvalue weighted by molar-refractivity contribution is -0.126. The van der Waals surface area contributed by atoms with Crippen LogP contribution in [0.5, 0.6) is 0 Å². The van der Waals surface area contributed by atoms with Gasteiger partial charge in [-0.1, -0.05) is 30.4 Å². The average Bonchev–Trinajstić information content (AvgIpc) is 2.76. The van der Waals surface area contributed by atoms with Crippen molar-refractivity contribution >= 4 is 17.7 Å². The first-order valence-electron chi connectivity index (χ1n) is 6.54. The SMILES string of the molecule is O=C(NC1C=CCC2C(=O)NC(=O)C12)c1ccccc1. The van der Waals surface area contributed by atoms with Gasteiger partial charge >= 0.3 is 0 Å². The summed E-state index contributed by atoms with van der Waals surface area (Å²) in [5.41, 5.74) is 0.535. The summed E-state index contributed by atoms with van der Waals surface area (Å²) in [4.78, 5) is 35.6. The maximum absolute atomic E-state index is 12.1. The molecule has 1 aliphatic carbocycles. The van der Waals surface area contributed by atoms with Crippen LogP contribution in [-0.4, -0.2) is 23.8 Å². The van der Waals surface area contributed by atoms with Gasteiger partial charge in [0, 0.05) is 5.56 Å². The van der Waals surface area contributed by atoms with Gasteiger partial charge in [-0.25, -0.2) is 0 Å². The third-order valence-corrected chi connectivity index (χ3v) is 3.77. The molecule has 5 heteroatoms. The second-order valence-corrected chi connectivity index (χ2v) is 5.01. The Morgan fingerprint density at radius 2 is 1.90 bits per heavy atom. The Hall–Kier alpha value is -2.43. The van der Waals surface area contributed by atoms with Crippen LogP contribution in [0, 0.1) is 11.8 Å². The Kier molecular flexibility index (Phi) is 3.10. The van der Waals surface area contributed by atoms with Crippen LogP contribution >= 0.6 is 0 Å². The predicted octanol–water partition coefficient (Wildman–Crippen LogP) is 0.634. The molecule has 1 aliphatic heterocycles. The minimum atomic E-state index is -0.500. The number of benzene rings is 1. The number of rotatable bonds is 2. The molecular formula is C15H14N2O3. The van der Waals surface area contributed by atoms with Gasteiger partial charge in [0.05, 0.1) is 17.9 Å². The summed E-state index contributed by atoms with van der Waals surface area (Å²) in [5, 5.41) is 5.15. The van der Waals surface area contributed by atoms with E-state index in [1.165, 1.54) is 0 Å². The lowest BCUT2D eigenvalue weighted by Crippen LogP contribution is -2.45. The topological polar surface area (TPSA) is 75.3 Å². The number of carbonyl (C=O) groups excluding carboxylic acids is 3. The quantitative estimate of drug-likeness (QED) is 0.611. The molecule has 0 radical (unpaired) electrons. The highest BCUT2D eigenvalue weighted by Crippen LogP contribution is 2.30. The molecule has 3 rings (SSSR count). The zero-order chi connectivity index (χ0) is 14.1. The van der Waals surface area contributed by atoms with Gasteiger partial charge in [-0.05, 0) is 18.6 Å². The molecule has 0 aromatic heterocycles. The fourth-order valence-electron chi connectivity index (χ4n) is 2.76. The maximum atomic E-state index is 12.1. The lowest BCUT2D eigenvalue weighted by Gasteiger charge is -2.26. The third-order valence-electron chi connectivity index (χ3n) is 3.77. The molecule has 2 aliphatic rings. The molecule has 1 aromatic carbocycles. The van der Waals surface area contributed by atoms with Crippen molar-refractivity contribution in [3.05, 3.63) is 48.0 Å². The molecule has 3 unspecified atom stereocenters. The van der Waals surface area contributed by atoms with Crippen molar-refractivity contribution in [1.82, 2.24) is 10.6 Å². The first-order chi connectivity index (χ1) is 9.66. The first kappa shape index (κ1) is 12.6. The van der Waals surface area contributed by atoms with Crippen LogP contribution in [0.2, 0.25) is 0 Å². The monoisotopic (exact) mass is 270 g/mol. The van der Waals surface area contributed by atoms with Gasteiger partial charge in [-0.15, -0.1) is 0 Å². The van der Waals surface area contributed by atoms with E-state index in [-0.39, 0.29) is 23.6 Å². The molecule has 0 bridgehead atoms. The Morgan fingerprint density at radius 3 is 2.65 bits per heavy atom. The van der Waals surface area contributed by atoms with E-state index in [4.69, 9.17) is 0 Å². The molecule has 5 nitrogen and oxygen atoms in total. The van der Waals surface area contributed by atoms with Gasteiger partial charge in [0.15, 0.2) is 0 Å². The predicted molar refractivity (Wildman–Crippen MR) is 71.6 cm³/mol. The number of hydrogen-bond acceptors (Lipinski definition) is 3. The van der Waals surface area contributed by atoms with E-state index >= 15 is 0 Å². The summed E-state index contributed by atoms with van der Waals surface area (Å²) in [5.74, 6) is -1.66. The van der Waals surface area contributed by atoms with Crippen LogP contribution in [0.4, 0.5) is 0 Å². The normalized spacial score (nSPS) is 27.9. The van der Waals surface area contributed by atoms with Crippen molar-refractivity contribution in [2.75, 3.05) is 0 Å². The minimum absolute atomic E-state index is 0.243. The molecule has 1 heterocycles. The average molecular weight is 270 g/mol. The van der Waals surface area contributed by atoms with E-state index in [0.717, 1.165) is 0 Å². The zero-order valence-electron chi connectivity index (χ0n) is 10.7. The summed E-state index contributed by atoms with van der Waals surface area (Å²) in [6.45, 7) is 0. The Balaban J connectivity index is 1.79. The maximum Gasteiger partial charge on any atom is 0.251 e.